The van der Waals surface area contributed by atoms with Crippen LogP contribution < -0.4 is 0 Å². The van der Waals surface area contributed by atoms with Crippen LogP contribution >= 0.6 is 11.3 Å². The van der Waals surface area contributed by atoms with Crippen LogP contribution in [0.5, 0.6) is 0 Å². The molecule has 3 nitrogen and oxygen atoms in total. The van der Waals surface area contributed by atoms with E-state index in [0.717, 1.165) is 28.1 Å². The molecule has 0 amide bonds. The fourth-order valence-electron chi connectivity index (χ4n) is 2.36. The highest BCUT2D eigenvalue weighted by atomic mass is 32.1. The van der Waals surface area contributed by atoms with E-state index >= 15 is 0 Å². The van der Waals surface area contributed by atoms with E-state index in [2.05, 4.69) is 29.5 Å². The molecule has 4 heteroatoms. The molecule has 0 fully saturated rings. The SMILES string of the molecule is CCc1cc(C(O)c2cccc3ccsc23)n(C)n1. The Morgan fingerprint density at radius 2 is 2.21 bits per heavy atom. The molecule has 1 aromatic carbocycles. The van der Waals surface area contributed by atoms with Gasteiger partial charge in [0, 0.05) is 17.3 Å². The number of aryl methyl sites for hydroxylation is 2. The number of rotatable bonds is 3. The van der Waals surface area contributed by atoms with Gasteiger partial charge in [-0.05, 0) is 29.3 Å². The van der Waals surface area contributed by atoms with E-state index in [4.69, 9.17) is 0 Å². The van der Waals surface area contributed by atoms with Gasteiger partial charge in [-0.1, -0.05) is 25.1 Å². The summed E-state index contributed by atoms with van der Waals surface area (Å²) in [7, 11) is 1.88. The van der Waals surface area contributed by atoms with Gasteiger partial charge in [0.05, 0.1) is 11.4 Å². The minimum Gasteiger partial charge on any atom is -0.382 e. The largest absolute Gasteiger partial charge is 0.382 e. The maximum Gasteiger partial charge on any atom is 0.122 e. The summed E-state index contributed by atoms with van der Waals surface area (Å²) in [5.41, 5.74) is 2.81. The van der Waals surface area contributed by atoms with E-state index < -0.39 is 6.10 Å². The fraction of sp³-hybridized carbons (Fsp3) is 0.267. The van der Waals surface area contributed by atoms with E-state index in [9.17, 15) is 5.11 Å². The Morgan fingerprint density at radius 3 is 2.95 bits per heavy atom. The topological polar surface area (TPSA) is 38.0 Å². The lowest BCUT2D eigenvalue weighted by atomic mass is 10.0. The Balaban J connectivity index is 2.10. The molecule has 3 aromatic rings. The highest BCUT2D eigenvalue weighted by molar-refractivity contribution is 7.17. The maximum atomic E-state index is 10.6. The van der Waals surface area contributed by atoms with Gasteiger partial charge in [0.25, 0.3) is 0 Å². The van der Waals surface area contributed by atoms with Crippen LogP contribution in [-0.4, -0.2) is 14.9 Å². The highest BCUT2D eigenvalue weighted by Gasteiger charge is 2.18. The van der Waals surface area contributed by atoms with Crippen LogP contribution in [0.15, 0.2) is 35.7 Å². The third-order valence-electron chi connectivity index (χ3n) is 3.41. The smallest absolute Gasteiger partial charge is 0.122 e. The molecule has 0 aliphatic rings. The van der Waals surface area contributed by atoms with Crippen molar-refractivity contribution in [3.63, 3.8) is 0 Å². The monoisotopic (exact) mass is 272 g/mol. The summed E-state index contributed by atoms with van der Waals surface area (Å²) in [6, 6.07) is 10.1. The van der Waals surface area contributed by atoms with Crippen molar-refractivity contribution in [3.05, 3.63) is 52.7 Å². The first-order valence-corrected chi connectivity index (χ1v) is 7.25. The molecule has 0 radical (unpaired) electrons. The van der Waals surface area contributed by atoms with E-state index in [1.807, 2.05) is 25.2 Å². The number of benzene rings is 1. The Hall–Kier alpha value is -1.65. The molecule has 0 spiro atoms. The molecule has 2 heterocycles. The molecular weight excluding hydrogens is 256 g/mol. The van der Waals surface area contributed by atoms with Gasteiger partial charge in [0.2, 0.25) is 0 Å². The normalized spacial score (nSPS) is 13.0. The number of aliphatic hydroxyl groups excluding tert-OH is 1. The molecule has 2 aromatic heterocycles. The summed E-state index contributed by atoms with van der Waals surface area (Å²) in [5, 5.41) is 18.3. The van der Waals surface area contributed by atoms with Crippen molar-refractivity contribution in [2.24, 2.45) is 7.05 Å². The fourth-order valence-corrected chi connectivity index (χ4v) is 3.30. The Morgan fingerprint density at radius 1 is 1.37 bits per heavy atom. The first-order chi connectivity index (χ1) is 9.20. The van der Waals surface area contributed by atoms with Crippen LogP contribution in [0.1, 0.15) is 30.0 Å². The van der Waals surface area contributed by atoms with Gasteiger partial charge < -0.3 is 5.11 Å². The molecule has 19 heavy (non-hydrogen) atoms. The molecular formula is C15H16N2OS. The summed E-state index contributed by atoms with van der Waals surface area (Å²) in [6.07, 6.45) is 0.254. The zero-order valence-corrected chi connectivity index (χ0v) is 11.8. The van der Waals surface area contributed by atoms with Gasteiger partial charge in [-0.2, -0.15) is 5.10 Å². The lowest BCUT2D eigenvalue weighted by Crippen LogP contribution is -2.06. The van der Waals surface area contributed by atoms with Gasteiger partial charge >= 0.3 is 0 Å². The van der Waals surface area contributed by atoms with Gasteiger partial charge in [-0.15, -0.1) is 11.3 Å². The van der Waals surface area contributed by atoms with E-state index in [-0.39, 0.29) is 0 Å². The number of fused-ring (bicyclic) bond motifs is 1. The summed E-state index contributed by atoms with van der Waals surface area (Å²) in [6.45, 7) is 2.07. The lowest BCUT2D eigenvalue weighted by molar-refractivity contribution is 0.211. The third-order valence-corrected chi connectivity index (χ3v) is 4.39. The standard InChI is InChI=1S/C15H16N2OS/c1-3-11-9-13(17(2)16-11)14(18)12-6-4-5-10-7-8-19-15(10)12/h4-9,14,18H,3H2,1-2H3. The van der Waals surface area contributed by atoms with Crippen molar-refractivity contribution in [1.82, 2.24) is 9.78 Å². The second-order valence-electron chi connectivity index (χ2n) is 4.63. The maximum absolute atomic E-state index is 10.6. The number of thiophene rings is 1. The number of aromatic nitrogens is 2. The number of aliphatic hydroxyl groups is 1. The minimum absolute atomic E-state index is 0.625. The van der Waals surface area contributed by atoms with Crippen molar-refractivity contribution in [2.45, 2.75) is 19.4 Å². The molecule has 3 rings (SSSR count). The van der Waals surface area contributed by atoms with Gasteiger partial charge in [-0.3, -0.25) is 4.68 Å². The van der Waals surface area contributed by atoms with Crippen molar-refractivity contribution in [1.29, 1.82) is 0 Å². The van der Waals surface area contributed by atoms with E-state index in [1.165, 1.54) is 5.39 Å². The van der Waals surface area contributed by atoms with E-state index in [0.29, 0.717) is 0 Å². The van der Waals surface area contributed by atoms with E-state index in [1.54, 1.807) is 16.0 Å². The lowest BCUT2D eigenvalue weighted by Gasteiger charge is -2.12. The van der Waals surface area contributed by atoms with Crippen LogP contribution in [0, 0.1) is 0 Å². The zero-order chi connectivity index (χ0) is 13.4. The van der Waals surface area contributed by atoms with Crippen LogP contribution in [-0.2, 0) is 13.5 Å². The van der Waals surface area contributed by atoms with Crippen LogP contribution in [0.3, 0.4) is 0 Å². The van der Waals surface area contributed by atoms with Crippen LogP contribution in [0.2, 0.25) is 0 Å². The molecule has 1 atom stereocenters. The zero-order valence-electron chi connectivity index (χ0n) is 11.0. The molecule has 98 valence electrons. The second-order valence-corrected chi connectivity index (χ2v) is 5.54. The average Bonchev–Trinajstić information content (AvgIpc) is 3.03. The van der Waals surface area contributed by atoms with Crippen molar-refractivity contribution < 1.29 is 5.11 Å². The molecule has 0 bridgehead atoms. The minimum atomic E-state index is -0.625. The first-order valence-electron chi connectivity index (χ1n) is 6.37. The number of hydrogen-bond donors (Lipinski definition) is 1. The molecule has 0 aliphatic heterocycles. The average molecular weight is 272 g/mol. The van der Waals surface area contributed by atoms with Crippen LogP contribution in [0.4, 0.5) is 0 Å². The number of hydrogen-bond acceptors (Lipinski definition) is 3. The summed E-state index contributed by atoms with van der Waals surface area (Å²) >= 11 is 1.67. The summed E-state index contributed by atoms with van der Waals surface area (Å²) in [5.74, 6) is 0. The van der Waals surface area contributed by atoms with Gasteiger partial charge in [0.1, 0.15) is 6.10 Å². The molecule has 0 aliphatic carbocycles. The quantitative estimate of drug-likeness (QED) is 0.794. The summed E-state index contributed by atoms with van der Waals surface area (Å²) in [4.78, 5) is 0. The van der Waals surface area contributed by atoms with Gasteiger partial charge in [-0.25, -0.2) is 0 Å². The Labute approximate surface area is 116 Å². The number of nitrogens with zero attached hydrogens (tertiary/aromatic N) is 2. The van der Waals surface area contributed by atoms with Crippen LogP contribution in [0.25, 0.3) is 10.1 Å². The summed E-state index contributed by atoms with van der Waals surface area (Å²) < 4.78 is 2.92. The first kappa shape index (κ1) is 12.4. The molecule has 0 saturated heterocycles. The van der Waals surface area contributed by atoms with Gasteiger partial charge in [0.15, 0.2) is 0 Å². The molecule has 1 N–H and O–H groups in total. The molecule has 1 unspecified atom stereocenters. The second kappa shape index (κ2) is 4.79. The van der Waals surface area contributed by atoms with Crippen molar-refractivity contribution in [2.75, 3.05) is 0 Å². The predicted molar refractivity (Wildman–Crippen MR) is 78.5 cm³/mol. The van der Waals surface area contributed by atoms with Crippen molar-refractivity contribution in [3.8, 4) is 0 Å². The van der Waals surface area contributed by atoms with Crippen molar-refractivity contribution >= 4 is 21.4 Å². The predicted octanol–water partition coefficient (Wildman–Crippen LogP) is 3.28. The molecule has 0 saturated carbocycles. The third kappa shape index (κ3) is 2.07. The Kier molecular flexibility index (Phi) is 3.12. The highest BCUT2D eigenvalue weighted by Crippen LogP contribution is 2.32. The Bertz CT molecular complexity index is 714.